The molecule has 0 bridgehead atoms. The van der Waals surface area contributed by atoms with Gasteiger partial charge in [-0.3, -0.25) is 9.69 Å². The number of halogens is 1. The molecule has 1 aliphatic heterocycles. The molecule has 0 spiro atoms. The third kappa shape index (κ3) is 5.66. The molecule has 2 aromatic carbocycles. The van der Waals surface area contributed by atoms with Gasteiger partial charge in [-0.2, -0.15) is 0 Å². The normalized spacial score (nSPS) is 16.0. The lowest BCUT2D eigenvalue weighted by molar-refractivity contribution is -0.122. The summed E-state index contributed by atoms with van der Waals surface area (Å²) in [7, 11) is 1.62. The van der Waals surface area contributed by atoms with E-state index in [0.29, 0.717) is 41.3 Å². The highest BCUT2D eigenvalue weighted by atomic mass is 127. The summed E-state index contributed by atoms with van der Waals surface area (Å²) in [6.07, 6.45) is 3.56. The molecule has 0 unspecified atom stereocenters. The van der Waals surface area contributed by atoms with Crippen LogP contribution in [0.5, 0.6) is 17.2 Å². The van der Waals surface area contributed by atoms with Gasteiger partial charge in [0.1, 0.15) is 12.4 Å². The highest BCUT2D eigenvalue weighted by Crippen LogP contribution is 2.38. The van der Waals surface area contributed by atoms with Crippen LogP contribution in [0.4, 0.5) is 5.69 Å². The van der Waals surface area contributed by atoms with Crippen molar-refractivity contribution in [1.29, 1.82) is 0 Å². The van der Waals surface area contributed by atoms with Crippen LogP contribution in [0.3, 0.4) is 0 Å². The first-order valence-corrected chi connectivity index (χ1v) is 12.0. The van der Waals surface area contributed by atoms with Gasteiger partial charge >= 0.3 is 0 Å². The highest BCUT2D eigenvalue weighted by Gasteiger charge is 2.32. The van der Waals surface area contributed by atoms with E-state index in [0.717, 1.165) is 20.6 Å². The Bertz CT molecular complexity index is 1050. The van der Waals surface area contributed by atoms with Crippen LogP contribution in [-0.2, 0) is 4.79 Å². The van der Waals surface area contributed by atoms with Gasteiger partial charge in [0.2, 0.25) is 0 Å². The maximum absolute atomic E-state index is 13.0. The Hall–Kier alpha value is -2.46. The van der Waals surface area contributed by atoms with Crippen molar-refractivity contribution in [2.75, 3.05) is 26.9 Å². The smallest absolute Gasteiger partial charge is 0.266 e. The third-order valence-electron chi connectivity index (χ3n) is 4.48. The standard InChI is InChI=1S/C24H25IN2O4S/c1-5-12-31-22-19(25)13-16(14-20(22)30-7-3)15-21-23(28)27(6-2)24(32-21)26-17-8-10-18(29-4)11-9-17/h5,8-11,13-15H,1,6-7,12H2,2-4H3/b21-15+,26-24?. The van der Waals surface area contributed by atoms with Crippen molar-refractivity contribution in [3.05, 3.63) is 63.1 Å². The first kappa shape index (κ1) is 24.2. The molecule has 1 heterocycles. The predicted octanol–water partition coefficient (Wildman–Crippen LogP) is 5.89. The molecule has 1 amide bonds. The number of hydrogen-bond acceptors (Lipinski definition) is 6. The van der Waals surface area contributed by atoms with Gasteiger partial charge in [0, 0.05) is 6.54 Å². The number of nitrogens with zero attached hydrogens (tertiary/aromatic N) is 2. The maximum atomic E-state index is 13.0. The van der Waals surface area contributed by atoms with Gasteiger partial charge in [0.05, 0.1) is 27.9 Å². The maximum Gasteiger partial charge on any atom is 0.266 e. The van der Waals surface area contributed by atoms with E-state index in [4.69, 9.17) is 14.2 Å². The largest absolute Gasteiger partial charge is 0.497 e. The number of amides is 1. The van der Waals surface area contributed by atoms with Gasteiger partial charge in [0.25, 0.3) is 5.91 Å². The van der Waals surface area contributed by atoms with Crippen molar-refractivity contribution < 1.29 is 19.0 Å². The van der Waals surface area contributed by atoms with Crippen molar-refractivity contribution in [2.45, 2.75) is 13.8 Å². The van der Waals surface area contributed by atoms with Crippen LogP contribution < -0.4 is 14.2 Å². The Kier molecular flexibility index (Phi) is 8.63. The molecule has 32 heavy (non-hydrogen) atoms. The fourth-order valence-electron chi connectivity index (χ4n) is 3.01. The molecule has 0 aliphatic carbocycles. The molecule has 0 atom stereocenters. The molecule has 1 saturated heterocycles. The first-order chi connectivity index (χ1) is 15.5. The van der Waals surface area contributed by atoms with E-state index in [1.165, 1.54) is 11.8 Å². The molecule has 3 rings (SSSR count). The van der Waals surface area contributed by atoms with E-state index in [-0.39, 0.29) is 5.91 Å². The predicted molar refractivity (Wildman–Crippen MR) is 139 cm³/mol. The van der Waals surface area contributed by atoms with E-state index < -0.39 is 0 Å². The Morgan fingerprint density at radius 2 is 1.94 bits per heavy atom. The van der Waals surface area contributed by atoms with Crippen LogP contribution in [-0.4, -0.2) is 42.8 Å². The second-order valence-electron chi connectivity index (χ2n) is 6.62. The Morgan fingerprint density at radius 3 is 2.56 bits per heavy atom. The summed E-state index contributed by atoms with van der Waals surface area (Å²) in [5.74, 6) is 2.02. The van der Waals surface area contributed by atoms with Crippen molar-refractivity contribution in [3.63, 3.8) is 0 Å². The molecule has 6 nitrogen and oxygen atoms in total. The minimum atomic E-state index is -0.0651. The average Bonchev–Trinajstić information content (AvgIpc) is 3.07. The lowest BCUT2D eigenvalue weighted by atomic mass is 10.2. The molecule has 0 saturated carbocycles. The van der Waals surface area contributed by atoms with Crippen LogP contribution in [0, 0.1) is 3.57 Å². The zero-order valence-electron chi connectivity index (χ0n) is 18.3. The molecule has 1 fully saturated rings. The molecular formula is C24H25IN2O4S. The van der Waals surface area contributed by atoms with Gasteiger partial charge in [0.15, 0.2) is 16.7 Å². The second-order valence-corrected chi connectivity index (χ2v) is 8.79. The number of amidine groups is 1. The van der Waals surface area contributed by atoms with Gasteiger partial charge in [-0.25, -0.2) is 4.99 Å². The number of likely N-dealkylation sites (N-methyl/N-ethyl adjacent to an activating group) is 1. The van der Waals surface area contributed by atoms with Gasteiger partial charge in [-0.15, -0.1) is 0 Å². The molecule has 8 heteroatoms. The first-order valence-electron chi connectivity index (χ1n) is 10.1. The number of benzene rings is 2. The molecular weight excluding hydrogens is 539 g/mol. The number of carbonyl (C=O) groups is 1. The summed E-state index contributed by atoms with van der Waals surface area (Å²) in [6, 6.07) is 11.3. The summed E-state index contributed by atoms with van der Waals surface area (Å²) in [5.41, 5.74) is 1.62. The molecule has 168 valence electrons. The molecule has 1 aliphatic rings. The fourth-order valence-corrected chi connectivity index (χ4v) is 4.85. The third-order valence-corrected chi connectivity index (χ3v) is 6.28. The Labute approximate surface area is 206 Å². The van der Waals surface area contributed by atoms with Gasteiger partial charge < -0.3 is 14.2 Å². The van der Waals surface area contributed by atoms with Crippen molar-refractivity contribution in [1.82, 2.24) is 4.90 Å². The molecule has 0 N–H and O–H groups in total. The Morgan fingerprint density at radius 1 is 1.19 bits per heavy atom. The summed E-state index contributed by atoms with van der Waals surface area (Å²) in [5, 5.41) is 0.652. The minimum absolute atomic E-state index is 0.0651. The van der Waals surface area contributed by atoms with E-state index >= 15 is 0 Å². The quantitative estimate of drug-likeness (QED) is 0.216. The van der Waals surface area contributed by atoms with Crippen molar-refractivity contribution in [3.8, 4) is 17.2 Å². The number of carbonyl (C=O) groups excluding carboxylic acids is 1. The van der Waals surface area contributed by atoms with Crippen LogP contribution in [0.15, 0.2) is 59.0 Å². The lowest BCUT2D eigenvalue weighted by Crippen LogP contribution is -2.28. The minimum Gasteiger partial charge on any atom is -0.497 e. The number of ether oxygens (including phenoxy) is 3. The molecule has 0 radical (unpaired) electrons. The monoisotopic (exact) mass is 564 g/mol. The number of aliphatic imine (C=N–C) groups is 1. The van der Waals surface area contributed by atoms with Crippen LogP contribution in [0.25, 0.3) is 6.08 Å². The fraction of sp³-hybridized carbons (Fsp3) is 0.250. The van der Waals surface area contributed by atoms with E-state index in [2.05, 4.69) is 34.2 Å². The topological polar surface area (TPSA) is 60.4 Å². The van der Waals surface area contributed by atoms with Crippen molar-refractivity contribution in [2.24, 2.45) is 4.99 Å². The van der Waals surface area contributed by atoms with E-state index in [9.17, 15) is 4.79 Å². The molecule has 2 aromatic rings. The number of thioether (sulfide) groups is 1. The molecule has 0 aromatic heterocycles. The summed E-state index contributed by atoms with van der Waals surface area (Å²) < 4.78 is 17.6. The zero-order chi connectivity index (χ0) is 23.1. The summed E-state index contributed by atoms with van der Waals surface area (Å²) in [4.78, 5) is 20.0. The van der Waals surface area contributed by atoms with E-state index in [1.54, 1.807) is 18.1 Å². The highest BCUT2D eigenvalue weighted by molar-refractivity contribution is 14.1. The van der Waals surface area contributed by atoms with Crippen LogP contribution in [0.2, 0.25) is 0 Å². The number of hydrogen-bond donors (Lipinski definition) is 0. The van der Waals surface area contributed by atoms with Crippen LogP contribution >= 0.6 is 34.4 Å². The van der Waals surface area contributed by atoms with Crippen LogP contribution in [0.1, 0.15) is 19.4 Å². The average molecular weight is 564 g/mol. The van der Waals surface area contributed by atoms with Gasteiger partial charge in [-0.1, -0.05) is 12.7 Å². The summed E-state index contributed by atoms with van der Waals surface area (Å²) in [6.45, 7) is 8.99. The van der Waals surface area contributed by atoms with E-state index in [1.807, 2.05) is 56.3 Å². The number of methoxy groups -OCH3 is 1. The Balaban J connectivity index is 1.93. The second kappa shape index (κ2) is 11.4. The zero-order valence-corrected chi connectivity index (χ0v) is 21.2. The summed E-state index contributed by atoms with van der Waals surface area (Å²) >= 11 is 3.58. The number of rotatable bonds is 9. The van der Waals surface area contributed by atoms with Crippen molar-refractivity contribution >= 4 is 57.2 Å². The van der Waals surface area contributed by atoms with Gasteiger partial charge in [-0.05, 0) is 96.2 Å². The lowest BCUT2D eigenvalue weighted by Gasteiger charge is -2.14. The SMILES string of the molecule is C=CCOc1c(I)cc(/C=C2/SC(=Nc3ccc(OC)cc3)N(CC)C2=O)cc1OCC.